The normalized spacial score (nSPS) is 11.3. The van der Waals surface area contributed by atoms with Crippen molar-refractivity contribution in [2.75, 3.05) is 4.90 Å². The smallest absolute Gasteiger partial charge is 0.227 e. The van der Waals surface area contributed by atoms with E-state index in [0.29, 0.717) is 5.89 Å². The molecular formula is C51H34N2O. The van der Waals surface area contributed by atoms with Gasteiger partial charge in [0.05, 0.1) is 0 Å². The molecule has 3 heteroatoms. The molecule has 0 fully saturated rings. The summed E-state index contributed by atoms with van der Waals surface area (Å²) in [6.07, 6.45) is 0. The number of hydrogen-bond acceptors (Lipinski definition) is 3. The van der Waals surface area contributed by atoms with E-state index in [0.717, 1.165) is 50.1 Å². The van der Waals surface area contributed by atoms with Crippen LogP contribution in [0.5, 0.6) is 0 Å². The van der Waals surface area contributed by atoms with Crippen LogP contribution in [0, 0.1) is 0 Å². The van der Waals surface area contributed by atoms with E-state index in [-0.39, 0.29) is 0 Å². The van der Waals surface area contributed by atoms with E-state index in [2.05, 4.69) is 175 Å². The average molecular weight is 691 g/mol. The molecule has 0 atom stereocenters. The summed E-state index contributed by atoms with van der Waals surface area (Å²) in [7, 11) is 0. The number of anilines is 3. The summed E-state index contributed by atoms with van der Waals surface area (Å²) in [5.74, 6) is 0.644. The van der Waals surface area contributed by atoms with E-state index in [1.165, 1.54) is 38.6 Å². The summed E-state index contributed by atoms with van der Waals surface area (Å²) in [5, 5.41) is 4.70. The highest BCUT2D eigenvalue weighted by molar-refractivity contribution is 6.05. The zero-order chi connectivity index (χ0) is 35.8. The van der Waals surface area contributed by atoms with Crippen LogP contribution >= 0.6 is 0 Å². The second kappa shape index (κ2) is 13.4. The summed E-state index contributed by atoms with van der Waals surface area (Å²) in [5.41, 5.74) is 13.1. The molecule has 1 aromatic heterocycles. The van der Waals surface area contributed by atoms with Crippen LogP contribution in [0.4, 0.5) is 17.1 Å². The minimum absolute atomic E-state index is 0.644. The molecule has 54 heavy (non-hydrogen) atoms. The first-order valence-electron chi connectivity index (χ1n) is 18.3. The van der Waals surface area contributed by atoms with E-state index in [1.54, 1.807) is 0 Å². The molecule has 0 spiro atoms. The van der Waals surface area contributed by atoms with Gasteiger partial charge in [0.2, 0.25) is 5.89 Å². The molecule has 0 radical (unpaired) electrons. The van der Waals surface area contributed by atoms with E-state index < -0.39 is 0 Å². The van der Waals surface area contributed by atoms with Crippen LogP contribution in [-0.4, -0.2) is 4.98 Å². The predicted octanol–water partition coefficient (Wildman–Crippen LogP) is 14.3. The third kappa shape index (κ3) is 5.78. The lowest BCUT2D eigenvalue weighted by Crippen LogP contribution is -2.09. The molecule has 10 rings (SSSR count). The van der Waals surface area contributed by atoms with Gasteiger partial charge in [0.15, 0.2) is 5.58 Å². The van der Waals surface area contributed by atoms with Gasteiger partial charge >= 0.3 is 0 Å². The quantitative estimate of drug-likeness (QED) is 0.167. The molecule has 1 heterocycles. The SMILES string of the molecule is c1ccc(-c2nc3ccc4cc(-c5ccc(-c6ccc(N(c7ccccc7)c7ccc(-c8cccc9ccccc89)cc7)cc6)cc5)ccc4c3o2)cc1. The number of hydrogen-bond donors (Lipinski definition) is 0. The van der Waals surface area contributed by atoms with Gasteiger partial charge in [-0.15, -0.1) is 0 Å². The van der Waals surface area contributed by atoms with Gasteiger partial charge in [-0.05, 0) is 116 Å². The van der Waals surface area contributed by atoms with Gasteiger partial charge in [-0.25, -0.2) is 4.98 Å². The molecule has 0 aliphatic rings. The van der Waals surface area contributed by atoms with Gasteiger partial charge in [-0.1, -0.05) is 140 Å². The fraction of sp³-hybridized carbons (Fsp3) is 0. The first-order valence-corrected chi connectivity index (χ1v) is 18.3. The average Bonchev–Trinajstić information content (AvgIpc) is 3.70. The third-order valence-corrected chi connectivity index (χ3v) is 10.3. The number of para-hydroxylation sites is 1. The third-order valence-electron chi connectivity index (χ3n) is 10.3. The lowest BCUT2D eigenvalue weighted by Gasteiger charge is -2.26. The maximum atomic E-state index is 6.27. The van der Waals surface area contributed by atoms with Crippen molar-refractivity contribution >= 4 is 49.7 Å². The molecule has 0 amide bonds. The molecule has 0 unspecified atom stereocenters. The standard InChI is InChI=1S/C51H34N2O/c1-3-11-40(12-4-1)51-52-49-33-27-42-34-41(26-32-48(42)50(49)54-51)37-20-18-35(19-21-37)36-22-28-44(29-23-36)53(43-14-5-2-6-15-43)45-30-24-39(25-31-45)47-17-9-13-38-10-7-8-16-46(38)47/h1-34H. The Morgan fingerprint density at radius 2 is 0.907 bits per heavy atom. The van der Waals surface area contributed by atoms with Crippen molar-refractivity contribution in [1.29, 1.82) is 0 Å². The predicted molar refractivity (Wildman–Crippen MR) is 225 cm³/mol. The monoisotopic (exact) mass is 690 g/mol. The van der Waals surface area contributed by atoms with Crippen LogP contribution in [0.2, 0.25) is 0 Å². The fourth-order valence-electron chi connectivity index (χ4n) is 7.55. The van der Waals surface area contributed by atoms with Crippen LogP contribution in [0.25, 0.3) is 77.5 Å². The Morgan fingerprint density at radius 3 is 1.63 bits per heavy atom. The molecule has 0 N–H and O–H groups in total. The number of fused-ring (bicyclic) bond motifs is 4. The molecule has 0 saturated heterocycles. The van der Waals surface area contributed by atoms with E-state index in [1.807, 2.05) is 36.4 Å². The van der Waals surface area contributed by atoms with Crippen molar-refractivity contribution in [1.82, 2.24) is 4.98 Å². The van der Waals surface area contributed by atoms with Gasteiger partial charge < -0.3 is 9.32 Å². The summed E-state index contributed by atoms with van der Waals surface area (Å²) < 4.78 is 6.27. The molecule has 254 valence electrons. The summed E-state index contributed by atoms with van der Waals surface area (Å²) in [4.78, 5) is 7.06. The molecule has 3 nitrogen and oxygen atoms in total. The van der Waals surface area contributed by atoms with Crippen LogP contribution in [0.3, 0.4) is 0 Å². The highest BCUT2D eigenvalue weighted by Gasteiger charge is 2.15. The van der Waals surface area contributed by atoms with Crippen molar-refractivity contribution in [2.45, 2.75) is 0 Å². The molecule has 0 bridgehead atoms. The highest BCUT2D eigenvalue weighted by atomic mass is 16.3. The maximum Gasteiger partial charge on any atom is 0.227 e. The Bertz CT molecular complexity index is 2890. The van der Waals surface area contributed by atoms with Crippen molar-refractivity contribution in [3.63, 3.8) is 0 Å². The van der Waals surface area contributed by atoms with Gasteiger partial charge in [-0.2, -0.15) is 0 Å². The van der Waals surface area contributed by atoms with Gasteiger partial charge in [0.25, 0.3) is 0 Å². The summed E-state index contributed by atoms with van der Waals surface area (Å²) in [6, 6.07) is 73.0. The van der Waals surface area contributed by atoms with Crippen LogP contribution in [0.15, 0.2) is 211 Å². The number of nitrogens with zero attached hydrogens (tertiary/aromatic N) is 2. The van der Waals surface area contributed by atoms with Crippen molar-refractivity contribution in [3.05, 3.63) is 206 Å². The highest BCUT2D eigenvalue weighted by Crippen LogP contribution is 2.38. The minimum Gasteiger partial charge on any atom is -0.435 e. The Labute approximate surface area is 314 Å². The largest absolute Gasteiger partial charge is 0.435 e. The van der Waals surface area contributed by atoms with E-state index in [9.17, 15) is 0 Å². The zero-order valence-electron chi connectivity index (χ0n) is 29.4. The van der Waals surface area contributed by atoms with Crippen molar-refractivity contribution < 1.29 is 4.42 Å². The molecule has 10 aromatic rings. The molecule has 0 saturated carbocycles. The van der Waals surface area contributed by atoms with Crippen molar-refractivity contribution in [2.24, 2.45) is 0 Å². The van der Waals surface area contributed by atoms with Gasteiger partial charge in [0.1, 0.15) is 5.52 Å². The molecule has 0 aliphatic carbocycles. The van der Waals surface area contributed by atoms with Gasteiger partial charge in [0, 0.05) is 28.0 Å². The van der Waals surface area contributed by atoms with Crippen LogP contribution in [-0.2, 0) is 0 Å². The van der Waals surface area contributed by atoms with E-state index >= 15 is 0 Å². The molecular weight excluding hydrogens is 657 g/mol. The Morgan fingerprint density at radius 1 is 0.352 bits per heavy atom. The van der Waals surface area contributed by atoms with Crippen molar-refractivity contribution in [3.8, 4) is 44.8 Å². The van der Waals surface area contributed by atoms with Gasteiger partial charge in [-0.3, -0.25) is 0 Å². The number of benzene rings is 9. The Hall–Kier alpha value is -7.23. The zero-order valence-corrected chi connectivity index (χ0v) is 29.4. The van der Waals surface area contributed by atoms with Crippen LogP contribution < -0.4 is 4.90 Å². The molecule has 9 aromatic carbocycles. The summed E-state index contributed by atoms with van der Waals surface area (Å²) >= 11 is 0. The summed E-state index contributed by atoms with van der Waals surface area (Å²) in [6.45, 7) is 0. The Kier molecular flexibility index (Phi) is 7.81. The van der Waals surface area contributed by atoms with Crippen LogP contribution in [0.1, 0.15) is 0 Å². The number of rotatable bonds is 7. The second-order valence-corrected chi connectivity index (χ2v) is 13.6. The number of aromatic nitrogens is 1. The van der Waals surface area contributed by atoms with E-state index in [4.69, 9.17) is 9.40 Å². The lowest BCUT2D eigenvalue weighted by atomic mass is 9.97. The lowest BCUT2D eigenvalue weighted by molar-refractivity contribution is 0.623. The minimum atomic E-state index is 0.644. The Balaban J connectivity index is 0.919. The molecule has 0 aliphatic heterocycles. The number of oxazole rings is 1. The first kappa shape index (κ1) is 31.5. The fourth-order valence-corrected chi connectivity index (χ4v) is 7.55. The second-order valence-electron chi connectivity index (χ2n) is 13.6. The maximum absolute atomic E-state index is 6.27. The first-order chi connectivity index (χ1) is 26.7. The topological polar surface area (TPSA) is 29.3 Å².